The highest BCUT2D eigenvalue weighted by Gasteiger charge is 2.22. The maximum Gasteiger partial charge on any atom is 0.243 e. The first-order valence-electron chi connectivity index (χ1n) is 9.20. The van der Waals surface area contributed by atoms with Gasteiger partial charge in [-0.15, -0.1) is 0 Å². The number of amides is 1. The molecule has 0 unspecified atom stereocenters. The molecule has 28 heavy (non-hydrogen) atoms. The van der Waals surface area contributed by atoms with E-state index >= 15 is 0 Å². The molecule has 0 heterocycles. The molecule has 1 amide bonds. The average molecular weight is 405 g/mol. The van der Waals surface area contributed by atoms with Crippen molar-refractivity contribution in [2.45, 2.75) is 45.1 Å². The van der Waals surface area contributed by atoms with E-state index in [1.165, 1.54) is 16.4 Å². The quantitative estimate of drug-likeness (QED) is 0.727. The average Bonchev–Trinajstić information content (AvgIpc) is 2.65. The predicted octanol–water partition coefficient (Wildman–Crippen LogP) is 3.74. The molecule has 0 radical (unpaired) electrons. The summed E-state index contributed by atoms with van der Waals surface area (Å²) in [5, 5.41) is 2.76. The zero-order valence-corrected chi connectivity index (χ0v) is 17.8. The lowest BCUT2D eigenvalue weighted by Gasteiger charge is -2.21. The van der Waals surface area contributed by atoms with E-state index in [1.54, 1.807) is 19.2 Å². The topological polar surface area (TPSA) is 75.7 Å². The predicted molar refractivity (Wildman–Crippen MR) is 111 cm³/mol. The fourth-order valence-electron chi connectivity index (χ4n) is 2.51. The largest absolute Gasteiger partial charge is 0.493 e. The molecule has 0 saturated heterocycles. The Morgan fingerprint density at radius 1 is 1.11 bits per heavy atom. The Morgan fingerprint density at radius 2 is 1.75 bits per heavy atom. The van der Waals surface area contributed by atoms with Gasteiger partial charge in [0, 0.05) is 18.8 Å². The second kappa shape index (κ2) is 9.21. The Bertz CT molecular complexity index is 922. The summed E-state index contributed by atoms with van der Waals surface area (Å²) in [6.45, 7) is 7.88. The molecule has 2 rings (SSSR count). The summed E-state index contributed by atoms with van der Waals surface area (Å²) in [7, 11) is -1.99. The molecule has 0 aliphatic carbocycles. The molecule has 0 spiro atoms. The number of anilines is 1. The Kier molecular flexibility index (Phi) is 7.21. The number of ether oxygens (including phenoxy) is 1. The highest BCUT2D eigenvalue weighted by molar-refractivity contribution is 7.89. The van der Waals surface area contributed by atoms with Gasteiger partial charge in [0.25, 0.3) is 0 Å². The fraction of sp³-hybridized carbons (Fsp3) is 0.381. The number of rotatable bonds is 8. The molecule has 2 aromatic rings. The third-order valence-corrected chi connectivity index (χ3v) is 6.73. The zero-order chi connectivity index (χ0) is 20.9. The van der Waals surface area contributed by atoms with Crippen molar-refractivity contribution in [3.05, 3.63) is 53.6 Å². The van der Waals surface area contributed by atoms with Crippen molar-refractivity contribution >= 4 is 21.6 Å². The van der Waals surface area contributed by atoms with Gasteiger partial charge in [-0.1, -0.05) is 12.1 Å². The molecule has 0 atom stereocenters. The van der Waals surface area contributed by atoms with Gasteiger partial charge in [0.1, 0.15) is 5.75 Å². The van der Waals surface area contributed by atoms with Gasteiger partial charge in [0.15, 0.2) is 0 Å². The van der Waals surface area contributed by atoms with Crippen LogP contribution in [0.15, 0.2) is 47.4 Å². The van der Waals surface area contributed by atoms with Gasteiger partial charge in [-0.25, -0.2) is 8.42 Å². The van der Waals surface area contributed by atoms with Gasteiger partial charge in [0.05, 0.1) is 17.9 Å². The van der Waals surface area contributed by atoms with E-state index in [-0.39, 0.29) is 29.9 Å². The van der Waals surface area contributed by atoms with Crippen LogP contribution < -0.4 is 10.1 Å². The minimum atomic E-state index is -3.54. The summed E-state index contributed by atoms with van der Waals surface area (Å²) in [4.78, 5) is 12.3. The lowest BCUT2D eigenvalue weighted by atomic mass is 10.1. The summed E-state index contributed by atoms with van der Waals surface area (Å²) in [5.74, 6) is 0.580. The molecule has 0 aliphatic heterocycles. The second-order valence-corrected chi connectivity index (χ2v) is 8.98. The van der Waals surface area contributed by atoms with Crippen molar-refractivity contribution in [2.75, 3.05) is 19.0 Å². The molecule has 2 aromatic carbocycles. The Morgan fingerprint density at radius 3 is 2.36 bits per heavy atom. The SMILES string of the molecule is Cc1cccc(OCCC(=O)Nc2ccc(S(=O)(=O)N(C)C(C)C)cc2)c1C. The van der Waals surface area contributed by atoms with E-state index in [0.29, 0.717) is 5.69 Å². The van der Waals surface area contributed by atoms with Gasteiger partial charge in [-0.2, -0.15) is 4.31 Å². The van der Waals surface area contributed by atoms with Crippen LogP contribution in [0.2, 0.25) is 0 Å². The lowest BCUT2D eigenvalue weighted by Crippen LogP contribution is -2.33. The molecule has 152 valence electrons. The van der Waals surface area contributed by atoms with Crippen molar-refractivity contribution < 1.29 is 17.9 Å². The minimum Gasteiger partial charge on any atom is -0.493 e. The van der Waals surface area contributed by atoms with Gasteiger partial charge in [-0.05, 0) is 69.2 Å². The van der Waals surface area contributed by atoms with Crippen molar-refractivity contribution in [1.29, 1.82) is 0 Å². The van der Waals surface area contributed by atoms with Crippen LogP contribution in [-0.4, -0.2) is 38.3 Å². The number of hydrogen-bond donors (Lipinski definition) is 1. The molecule has 1 N–H and O–H groups in total. The number of aryl methyl sites for hydroxylation is 1. The van der Waals surface area contributed by atoms with E-state index < -0.39 is 10.0 Å². The number of sulfonamides is 1. The zero-order valence-electron chi connectivity index (χ0n) is 17.0. The molecule has 0 aromatic heterocycles. The van der Waals surface area contributed by atoms with Crippen LogP contribution in [0.4, 0.5) is 5.69 Å². The van der Waals surface area contributed by atoms with Crippen molar-refractivity contribution in [1.82, 2.24) is 4.31 Å². The Labute approximate surface area is 167 Å². The van der Waals surface area contributed by atoms with Crippen LogP contribution in [0.3, 0.4) is 0 Å². The Hall–Kier alpha value is -2.38. The smallest absolute Gasteiger partial charge is 0.243 e. The molecular formula is C21H28N2O4S. The molecule has 7 heteroatoms. The molecule has 0 aliphatic rings. The summed E-state index contributed by atoms with van der Waals surface area (Å²) in [6, 6.07) is 11.8. The van der Waals surface area contributed by atoms with E-state index in [0.717, 1.165) is 16.9 Å². The first-order chi connectivity index (χ1) is 13.1. The summed E-state index contributed by atoms with van der Waals surface area (Å²) < 4.78 is 31.9. The molecule has 0 saturated carbocycles. The third-order valence-electron chi connectivity index (χ3n) is 4.68. The van der Waals surface area contributed by atoms with E-state index in [1.807, 2.05) is 45.9 Å². The van der Waals surface area contributed by atoms with Crippen LogP contribution in [0, 0.1) is 13.8 Å². The normalized spacial score (nSPS) is 11.7. The summed E-state index contributed by atoms with van der Waals surface area (Å²) in [6.07, 6.45) is 0.198. The van der Waals surface area contributed by atoms with Crippen molar-refractivity contribution in [3.63, 3.8) is 0 Å². The minimum absolute atomic E-state index is 0.138. The third kappa shape index (κ3) is 5.33. The highest BCUT2D eigenvalue weighted by atomic mass is 32.2. The summed E-state index contributed by atoms with van der Waals surface area (Å²) in [5.41, 5.74) is 2.74. The van der Waals surface area contributed by atoms with Gasteiger partial charge >= 0.3 is 0 Å². The highest BCUT2D eigenvalue weighted by Crippen LogP contribution is 2.21. The van der Waals surface area contributed by atoms with Crippen LogP contribution in [-0.2, 0) is 14.8 Å². The van der Waals surface area contributed by atoms with Crippen LogP contribution in [0.25, 0.3) is 0 Å². The Balaban J connectivity index is 1.91. The van der Waals surface area contributed by atoms with E-state index in [9.17, 15) is 13.2 Å². The number of benzene rings is 2. The fourth-order valence-corrected chi connectivity index (χ4v) is 3.88. The molecule has 0 fully saturated rings. The number of carbonyl (C=O) groups is 1. The van der Waals surface area contributed by atoms with Crippen LogP contribution in [0.5, 0.6) is 5.75 Å². The van der Waals surface area contributed by atoms with Gasteiger partial charge < -0.3 is 10.1 Å². The lowest BCUT2D eigenvalue weighted by molar-refractivity contribution is -0.116. The number of nitrogens with one attached hydrogen (secondary N) is 1. The van der Waals surface area contributed by atoms with Gasteiger partial charge in [-0.3, -0.25) is 4.79 Å². The monoisotopic (exact) mass is 404 g/mol. The van der Waals surface area contributed by atoms with E-state index in [4.69, 9.17) is 4.74 Å². The standard InChI is InChI=1S/C21H28N2O4S/c1-15(2)23(5)28(25,26)19-11-9-18(10-12-19)22-21(24)13-14-27-20-8-6-7-16(3)17(20)4/h6-12,15H,13-14H2,1-5H3,(H,22,24). The maximum absolute atomic E-state index is 12.5. The molecular weight excluding hydrogens is 376 g/mol. The molecule has 0 bridgehead atoms. The van der Waals surface area contributed by atoms with Crippen molar-refractivity contribution in [3.8, 4) is 5.75 Å². The second-order valence-electron chi connectivity index (χ2n) is 6.98. The van der Waals surface area contributed by atoms with Crippen LogP contribution in [0.1, 0.15) is 31.4 Å². The first-order valence-corrected chi connectivity index (χ1v) is 10.6. The van der Waals surface area contributed by atoms with Gasteiger partial charge in [0.2, 0.25) is 15.9 Å². The maximum atomic E-state index is 12.5. The first kappa shape index (κ1) is 21.9. The molecule has 6 nitrogen and oxygen atoms in total. The number of nitrogens with zero attached hydrogens (tertiary/aromatic N) is 1. The van der Waals surface area contributed by atoms with E-state index in [2.05, 4.69) is 5.32 Å². The summed E-state index contributed by atoms with van der Waals surface area (Å²) >= 11 is 0. The number of hydrogen-bond acceptors (Lipinski definition) is 4. The van der Waals surface area contributed by atoms with Crippen molar-refractivity contribution in [2.24, 2.45) is 0 Å². The van der Waals surface area contributed by atoms with Crippen LogP contribution >= 0.6 is 0 Å². The number of carbonyl (C=O) groups excluding carboxylic acids is 1.